The van der Waals surface area contributed by atoms with Gasteiger partial charge in [-0.25, -0.2) is 4.79 Å². The van der Waals surface area contributed by atoms with Gasteiger partial charge in [0.25, 0.3) is 0 Å². The van der Waals surface area contributed by atoms with Crippen LogP contribution in [-0.2, 0) is 19.1 Å². The molecule has 0 aliphatic carbocycles. The molecular weight excluding hydrogens is 272 g/mol. The minimum atomic E-state index is -1.09. The Hall–Kier alpha value is -1.59. The number of hydrogen-bond donors (Lipinski definition) is 1. The van der Waals surface area contributed by atoms with Crippen molar-refractivity contribution in [3.05, 3.63) is 0 Å². The largest absolute Gasteiger partial charge is 0.467 e. The zero-order chi connectivity index (χ0) is 16.2. The van der Waals surface area contributed by atoms with Gasteiger partial charge in [-0.3, -0.25) is 9.59 Å². The molecule has 0 aromatic rings. The molecule has 0 saturated carbocycles. The zero-order valence-corrected chi connectivity index (χ0v) is 13.6. The summed E-state index contributed by atoms with van der Waals surface area (Å²) in [4.78, 5) is 37.6. The number of nitrogens with one attached hydrogen (secondary N) is 1. The predicted octanol–water partition coefficient (Wildman–Crippen LogP) is 1.09. The fourth-order valence-electron chi connectivity index (χ4n) is 2.62. The van der Waals surface area contributed by atoms with Crippen LogP contribution in [0, 0.1) is 5.92 Å². The van der Waals surface area contributed by atoms with Crippen molar-refractivity contribution in [1.82, 2.24) is 10.2 Å². The normalized spacial score (nSPS) is 20.3. The second kappa shape index (κ2) is 6.91. The molecule has 1 heterocycles. The average Bonchev–Trinajstić information content (AvgIpc) is 2.79. The highest BCUT2D eigenvalue weighted by molar-refractivity contribution is 5.92. The van der Waals surface area contributed by atoms with Gasteiger partial charge in [0, 0.05) is 19.0 Å². The van der Waals surface area contributed by atoms with Crippen LogP contribution in [-0.4, -0.2) is 47.9 Å². The Bertz CT molecular complexity index is 420. The first-order valence-corrected chi connectivity index (χ1v) is 7.42. The number of amides is 2. The molecule has 0 bridgehead atoms. The van der Waals surface area contributed by atoms with E-state index in [-0.39, 0.29) is 24.3 Å². The molecule has 2 atom stereocenters. The summed E-state index contributed by atoms with van der Waals surface area (Å²) in [5, 5.41) is 2.67. The number of ether oxygens (including phenoxy) is 1. The van der Waals surface area contributed by atoms with Crippen LogP contribution in [0.2, 0.25) is 0 Å². The summed E-state index contributed by atoms with van der Waals surface area (Å²) in [6.07, 6.45) is 2.13. The van der Waals surface area contributed by atoms with Crippen molar-refractivity contribution in [2.75, 3.05) is 13.7 Å². The number of carbonyl (C=O) groups is 3. The summed E-state index contributed by atoms with van der Waals surface area (Å²) in [5.74, 6) is -1.17. The fraction of sp³-hybridized carbons (Fsp3) is 0.800. The third-order valence-corrected chi connectivity index (χ3v) is 3.90. The zero-order valence-electron chi connectivity index (χ0n) is 13.6. The van der Waals surface area contributed by atoms with Gasteiger partial charge in [0.05, 0.1) is 13.0 Å². The Morgan fingerprint density at radius 2 is 2.10 bits per heavy atom. The molecular formula is C15H26N2O4. The van der Waals surface area contributed by atoms with E-state index < -0.39 is 17.4 Å². The molecule has 120 valence electrons. The van der Waals surface area contributed by atoms with Crippen molar-refractivity contribution in [2.24, 2.45) is 5.92 Å². The van der Waals surface area contributed by atoms with Crippen molar-refractivity contribution in [2.45, 2.75) is 58.5 Å². The van der Waals surface area contributed by atoms with E-state index in [9.17, 15) is 14.4 Å². The van der Waals surface area contributed by atoms with Crippen LogP contribution in [0.3, 0.4) is 0 Å². The SMILES string of the molecule is CCCC(C)N1CC(C(=O)NC(C)(C)C(=O)OC)CC1=O. The minimum Gasteiger partial charge on any atom is -0.467 e. The quantitative estimate of drug-likeness (QED) is 0.745. The highest BCUT2D eigenvalue weighted by Crippen LogP contribution is 2.23. The molecule has 6 nitrogen and oxygen atoms in total. The Morgan fingerprint density at radius 1 is 1.48 bits per heavy atom. The number of likely N-dealkylation sites (tertiary alicyclic amines) is 1. The van der Waals surface area contributed by atoms with Gasteiger partial charge >= 0.3 is 5.97 Å². The molecule has 0 radical (unpaired) electrons. The van der Waals surface area contributed by atoms with Gasteiger partial charge in [-0.1, -0.05) is 13.3 Å². The molecule has 2 amide bonds. The smallest absolute Gasteiger partial charge is 0.330 e. The standard InChI is InChI=1S/C15H26N2O4/c1-6-7-10(2)17-9-11(8-12(17)18)13(19)16-15(3,4)14(20)21-5/h10-11H,6-9H2,1-5H3,(H,16,19). The van der Waals surface area contributed by atoms with Crippen molar-refractivity contribution >= 4 is 17.8 Å². The summed E-state index contributed by atoms with van der Waals surface area (Å²) < 4.78 is 4.66. The molecule has 1 saturated heterocycles. The molecule has 6 heteroatoms. The predicted molar refractivity (Wildman–Crippen MR) is 78.4 cm³/mol. The third kappa shape index (κ3) is 4.19. The Labute approximate surface area is 126 Å². The van der Waals surface area contributed by atoms with Gasteiger partial charge in [0.15, 0.2) is 0 Å². The minimum absolute atomic E-state index is 0.00646. The van der Waals surface area contributed by atoms with E-state index in [0.29, 0.717) is 6.54 Å². The van der Waals surface area contributed by atoms with Gasteiger partial charge in [-0.15, -0.1) is 0 Å². The average molecular weight is 298 g/mol. The van der Waals surface area contributed by atoms with Gasteiger partial charge in [0.2, 0.25) is 11.8 Å². The number of methoxy groups -OCH3 is 1. The first kappa shape index (κ1) is 17.5. The van der Waals surface area contributed by atoms with E-state index in [1.165, 1.54) is 7.11 Å². The van der Waals surface area contributed by atoms with Crippen molar-refractivity contribution in [3.8, 4) is 0 Å². The summed E-state index contributed by atoms with van der Waals surface area (Å²) in [6.45, 7) is 7.67. The highest BCUT2D eigenvalue weighted by atomic mass is 16.5. The van der Waals surface area contributed by atoms with Crippen LogP contribution in [0.4, 0.5) is 0 Å². The Kier molecular flexibility index (Phi) is 5.75. The van der Waals surface area contributed by atoms with Crippen LogP contribution in [0.15, 0.2) is 0 Å². The number of nitrogens with zero attached hydrogens (tertiary/aromatic N) is 1. The molecule has 1 N–H and O–H groups in total. The van der Waals surface area contributed by atoms with E-state index in [4.69, 9.17) is 0 Å². The van der Waals surface area contributed by atoms with Crippen molar-refractivity contribution < 1.29 is 19.1 Å². The maximum Gasteiger partial charge on any atom is 0.330 e. The monoisotopic (exact) mass is 298 g/mol. The van der Waals surface area contributed by atoms with Gasteiger partial charge in [0.1, 0.15) is 5.54 Å². The van der Waals surface area contributed by atoms with Gasteiger partial charge < -0.3 is 15.0 Å². The third-order valence-electron chi connectivity index (χ3n) is 3.90. The first-order valence-electron chi connectivity index (χ1n) is 7.42. The molecule has 21 heavy (non-hydrogen) atoms. The van der Waals surface area contributed by atoms with Crippen LogP contribution < -0.4 is 5.32 Å². The molecule has 2 unspecified atom stereocenters. The van der Waals surface area contributed by atoms with E-state index in [2.05, 4.69) is 17.0 Å². The summed E-state index contributed by atoms with van der Waals surface area (Å²) in [5.41, 5.74) is -1.09. The molecule has 0 aromatic heterocycles. The van der Waals surface area contributed by atoms with Crippen LogP contribution in [0.25, 0.3) is 0 Å². The Balaban J connectivity index is 2.65. The maximum absolute atomic E-state index is 12.3. The Morgan fingerprint density at radius 3 is 2.62 bits per heavy atom. The lowest BCUT2D eigenvalue weighted by atomic mass is 10.0. The lowest BCUT2D eigenvalue weighted by Crippen LogP contribution is -2.52. The number of esters is 1. The lowest BCUT2D eigenvalue weighted by Gasteiger charge is -2.26. The molecule has 1 rings (SSSR count). The van der Waals surface area contributed by atoms with Crippen LogP contribution >= 0.6 is 0 Å². The van der Waals surface area contributed by atoms with Gasteiger partial charge in [-0.2, -0.15) is 0 Å². The second-order valence-corrected chi connectivity index (χ2v) is 6.19. The second-order valence-electron chi connectivity index (χ2n) is 6.19. The maximum atomic E-state index is 12.3. The highest BCUT2D eigenvalue weighted by Gasteiger charge is 2.39. The molecule has 1 fully saturated rings. The number of rotatable bonds is 6. The molecule has 0 aromatic carbocycles. The lowest BCUT2D eigenvalue weighted by molar-refractivity contribution is -0.149. The summed E-state index contributed by atoms with van der Waals surface area (Å²) in [6, 6.07) is 0.147. The first-order chi connectivity index (χ1) is 9.72. The van der Waals surface area contributed by atoms with E-state index in [0.717, 1.165) is 12.8 Å². The van der Waals surface area contributed by atoms with E-state index in [1.807, 2.05) is 6.92 Å². The number of carbonyl (C=O) groups excluding carboxylic acids is 3. The molecule has 0 spiro atoms. The number of hydrogen-bond acceptors (Lipinski definition) is 4. The summed E-state index contributed by atoms with van der Waals surface area (Å²) >= 11 is 0. The van der Waals surface area contributed by atoms with Crippen molar-refractivity contribution in [3.63, 3.8) is 0 Å². The van der Waals surface area contributed by atoms with E-state index >= 15 is 0 Å². The topological polar surface area (TPSA) is 75.7 Å². The molecule has 1 aliphatic rings. The fourth-order valence-corrected chi connectivity index (χ4v) is 2.62. The van der Waals surface area contributed by atoms with Crippen LogP contribution in [0.1, 0.15) is 47.0 Å². The van der Waals surface area contributed by atoms with E-state index in [1.54, 1.807) is 18.7 Å². The summed E-state index contributed by atoms with van der Waals surface area (Å²) in [7, 11) is 1.28. The van der Waals surface area contributed by atoms with Crippen molar-refractivity contribution in [1.29, 1.82) is 0 Å². The van der Waals surface area contributed by atoms with Crippen LogP contribution in [0.5, 0.6) is 0 Å². The molecule has 1 aliphatic heterocycles. The van der Waals surface area contributed by atoms with Gasteiger partial charge in [-0.05, 0) is 27.2 Å².